The second-order valence-electron chi connectivity index (χ2n) is 4.98. The normalized spacial score (nSPS) is 18.9. The molecular formula is C15H18N2O. The number of aliphatic hydroxyl groups excluding tert-OH is 1. The maximum absolute atomic E-state index is 10.6. The van der Waals surface area contributed by atoms with Gasteiger partial charge in [-0.25, -0.2) is 0 Å². The Balaban J connectivity index is 1.97. The van der Waals surface area contributed by atoms with Crippen LogP contribution in [-0.4, -0.2) is 23.2 Å². The summed E-state index contributed by atoms with van der Waals surface area (Å²) in [6.45, 7) is 2.02. The molecule has 1 atom stereocenters. The second-order valence-corrected chi connectivity index (χ2v) is 4.98. The van der Waals surface area contributed by atoms with Crippen LogP contribution in [0, 0.1) is 5.92 Å². The minimum atomic E-state index is -0.363. The van der Waals surface area contributed by atoms with Gasteiger partial charge in [-0.3, -0.25) is 4.98 Å². The van der Waals surface area contributed by atoms with Gasteiger partial charge in [0.15, 0.2) is 0 Å². The first kappa shape index (κ1) is 11.6. The van der Waals surface area contributed by atoms with Crippen LogP contribution >= 0.6 is 0 Å². The predicted molar refractivity (Wildman–Crippen MR) is 72.3 cm³/mol. The third kappa shape index (κ3) is 2.11. The average molecular weight is 242 g/mol. The van der Waals surface area contributed by atoms with E-state index in [1.807, 2.05) is 30.5 Å². The van der Waals surface area contributed by atoms with Gasteiger partial charge >= 0.3 is 0 Å². The predicted octanol–water partition coefficient (Wildman–Crippen LogP) is 2.27. The van der Waals surface area contributed by atoms with E-state index in [0.717, 1.165) is 42.3 Å². The molecule has 1 unspecified atom stereocenters. The first-order valence-corrected chi connectivity index (χ1v) is 6.57. The molecular weight excluding hydrogens is 224 g/mol. The van der Waals surface area contributed by atoms with Gasteiger partial charge in [0.25, 0.3) is 0 Å². The topological polar surface area (TPSA) is 45.2 Å². The molecule has 0 radical (unpaired) electrons. The van der Waals surface area contributed by atoms with E-state index < -0.39 is 0 Å². The van der Waals surface area contributed by atoms with E-state index in [1.165, 1.54) is 0 Å². The Morgan fingerprint density at radius 3 is 2.89 bits per heavy atom. The number of pyridine rings is 1. The van der Waals surface area contributed by atoms with Crippen LogP contribution in [0.2, 0.25) is 0 Å². The van der Waals surface area contributed by atoms with E-state index in [1.54, 1.807) is 6.20 Å². The lowest BCUT2D eigenvalue weighted by Gasteiger charge is -2.28. The number of fused-ring (bicyclic) bond motifs is 1. The van der Waals surface area contributed by atoms with Crippen molar-refractivity contribution in [2.24, 2.45) is 5.92 Å². The summed E-state index contributed by atoms with van der Waals surface area (Å²) in [6, 6.07) is 8.08. The Morgan fingerprint density at radius 1 is 1.22 bits per heavy atom. The number of hydrogen-bond acceptors (Lipinski definition) is 3. The number of aliphatic hydroxyl groups is 1. The van der Waals surface area contributed by atoms with Crippen molar-refractivity contribution in [2.75, 3.05) is 13.1 Å². The van der Waals surface area contributed by atoms with Crippen LogP contribution in [0.15, 0.2) is 36.7 Å². The number of nitrogens with zero attached hydrogens (tertiary/aromatic N) is 1. The van der Waals surface area contributed by atoms with Crippen molar-refractivity contribution in [3.63, 3.8) is 0 Å². The molecule has 2 heterocycles. The fourth-order valence-corrected chi connectivity index (χ4v) is 2.82. The molecule has 1 aliphatic heterocycles. The molecule has 1 aromatic heterocycles. The summed E-state index contributed by atoms with van der Waals surface area (Å²) < 4.78 is 0. The molecule has 2 aromatic rings. The molecule has 94 valence electrons. The van der Waals surface area contributed by atoms with Gasteiger partial charge in [-0.05, 0) is 48.9 Å². The van der Waals surface area contributed by atoms with Crippen molar-refractivity contribution in [1.29, 1.82) is 0 Å². The molecule has 0 saturated carbocycles. The smallest absolute Gasteiger partial charge is 0.0825 e. The summed E-state index contributed by atoms with van der Waals surface area (Å²) in [7, 11) is 0. The van der Waals surface area contributed by atoms with E-state index in [9.17, 15) is 5.11 Å². The lowest BCUT2D eigenvalue weighted by molar-refractivity contribution is 0.0902. The zero-order chi connectivity index (χ0) is 12.4. The van der Waals surface area contributed by atoms with Gasteiger partial charge < -0.3 is 10.4 Å². The highest BCUT2D eigenvalue weighted by Crippen LogP contribution is 2.32. The molecule has 1 aromatic carbocycles. The largest absolute Gasteiger partial charge is 0.388 e. The zero-order valence-electron chi connectivity index (χ0n) is 10.3. The second kappa shape index (κ2) is 5.04. The molecule has 1 fully saturated rings. The van der Waals surface area contributed by atoms with E-state index in [0.29, 0.717) is 5.92 Å². The monoisotopic (exact) mass is 242 g/mol. The third-order valence-corrected chi connectivity index (χ3v) is 3.86. The quantitative estimate of drug-likeness (QED) is 0.849. The Labute approximate surface area is 107 Å². The van der Waals surface area contributed by atoms with Crippen molar-refractivity contribution >= 4 is 10.8 Å². The molecule has 2 N–H and O–H groups in total. The highest BCUT2D eigenvalue weighted by Gasteiger charge is 2.23. The van der Waals surface area contributed by atoms with Gasteiger partial charge in [0, 0.05) is 17.8 Å². The van der Waals surface area contributed by atoms with Crippen LogP contribution in [0.5, 0.6) is 0 Å². The molecule has 18 heavy (non-hydrogen) atoms. The maximum Gasteiger partial charge on any atom is 0.0825 e. The molecule has 0 aliphatic carbocycles. The Morgan fingerprint density at radius 2 is 2.06 bits per heavy atom. The van der Waals surface area contributed by atoms with Crippen molar-refractivity contribution in [3.8, 4) is 0 Å². The number of piperidine rings is 1. The van der Waals surface area contributed by atoms with Crippen LogP contribution in [-0.2, 0) is 0 Å². The van der Waals surface area contributed by atoms with E-state index in [2.05, 4.69) is 10.3 Å². The Hall–Kier alpha value is -1.45. The van der Waals surface area contributed by atoms with Crippen LogP contribution < -0.4 is 5.32 Å². The van der Waals surface area contributed by atoms with E-state index in [-0.39, 0.29) is 6.10 Å². The number of hydrogen-bond donors (Lipinski definition) is 2. The van der Waals surface area contributed by atoms with E-state index >= 15 is 0 Å². The first-order valence-electron chi connectivity index (χ1n) is 6.57. The molecule has 3 nitrogen and oxygen atoms in total. The van der Waals surface area contributed by atoms with Crippen LogP contribution in [0.4, 0.5) is 0 Å². The minimum absolute atomic E-state index is 0.363. The molecule has 3 rings (SSSR count). The maximum atomic E-state index is 10.6. The third-order valence-electron chi connectivity index (χ3n) is 3.86. The van der Waals surface area contributed by atoms with Gasteiger partial charge in [0.2, 0.25) is 0 Å². The fourth-order valence-electron chi connectivity index (χ4n) is 2.82. The molecule has 0 spiro atoms. The van der Waals surface area contributed by atoms with Crippen LogP contribution in [0.25, 0.3) is 10.8 Å². The fraction of sp³-hybridized carbons (Fsp3) is 0.400. The minimum Gasteiger partial charge on any atom is -0.388 e. The van der Waals surface area contributed by atoms with Crippen LogP contribution in [0.3, 0.4) is 0 Å². The van der Waals surface area contributed by atoms with E-state index in [4.69, 9.17) is 0 Å². The van der Waals surface area contributed by atoms with Gasteiger partial charge in [-0.15, -0.1) is 0 Å². The van der Waals surface area contributed by atoms with Crippen molar-refractivity contribution in [1.82, 2.24) is 10.3 Å². The average Bonchev–Trinajstić information content (AvgIpc) is 2.47. The van der Waals surface area contributed by atoms with Crippen molar-refractivity contribution in [2.45, 2.75) is 18.9 Å². The summed E-state index contributed by atoms with van der Waals surface area (Å²) in [4.78, 5) is 4.13. The van der Waals surface area contributed by atoms with Gasteiger partial charge in [-0.2, -0.15) is 0 Å². The summed E-state index contributed by atoms with van der Waals surface area (Å²) in [5, 5.41) is 16.2. The lowest BCUT2D eigenvalue weighted by atomic mass is 9.86. The Kier molecular flexibility index (Phi) is 3.26. The summed E-state index contributed by atoms with van der Waals surface area (Å²) in [5.41, 5.74) is 1.04. The van der Waals surface area contributed by atoms with Crippen molar-refractivity contribution < 1.29 is 5.11 Å². The van der Waals surface area contributed by atoms with Gasteiger partial charge in [0.1, 0.15) is 0 Å². The lowest BCUT2D eigenvalue weighted by Crippen LogP contribution is -2.30. The van der Waals surface area contributed by atoms with Gasteiger partial charge in [0.05, 0.1) is 6.10 Å². The summed E-state index contributed by atoms with van der Waals surface area (Å²) in [6.07, 6.45) is 5.37. The number of aromatic nitrogens is 1. The van der Waals surface area contributed by atoms with Crippen LogP contribution in [0.1, 0.15) is 24.5 Å². The zero-order valence-corrected chi connectivity index (χ0v) is 10.3. The number of rotatable bonds is 2. The Bertz CT molecular complexity index is 530. The molecule has 3 heteroatoms. The number of benzene rings is 1. The first-order chi connectivity index (χ1) is 8.86. The molecule has 0 bridgehead atoms. The summed E-state index contributed by atoms with van der Waals surface area (Å²) in [5.74, 6) is 0.366. The van der Waals surface area contributed by atoms with Crippen molar-refractivity contribution in [3.05, 3.63) is 42.2 Å². The summed E-state index contributed by atoms with van der Waals surface area (Å²) >= 11 is 0. The molecule has 1 saturated heterocycles. The highest BCUT2D eigenvalue weighted by atomic mass is 16.3. The molecule has 0 amide bonds. The standard InChI is InChI=1S/C15H18N2O/c18-15(11-4-7-16-8-5-11)14-3-1-2-12-10-17-9-6-13(12)14/h1-3,6,9-11,15-16,18H,4-5,7-8H2. The number of nitrogens with one attached hydrogen (secondary N) is 1. The highest BCUT2D eigenvalue weighted by molar-refractivity contribution is 5.85. The molecule has 1 aliphatic rings. The SMILES string of the molecule is OC(c1cccc2cnccc12)C1CCNCC1. The van der Waals surface area contributed by atoms with Gasteiger partial charge in [-0.1, -0.05) is 18.2 Å².